The third-order valence-electron chi connectivity index (χ3n) is 4.46. The fraction of sp³-hybridized carbons (Fsp3) is 0.538. The molecule has 3 fully saturated rings. The van der Waals surface area contributed by atoms with Gasteiger partial charge in [-0.2, -0.15) is 0 Å². The molecule has 4 atom stereocenters. The average Bonchev–Trinajstić information content (AvgIpc) is 2.71. The minimum absolute atomic E-state index is 0.662. The van der Waals surface area contributed by atoms with Gasteiger partial charge in [0.2, 0.25) is 0 Å². The van der Waals surface area contributed by atoms with Crippen LogP contribution in [0.2, 0.25) is 0 Å². The molecule has 2 nitrogen and oxygen atoms in total. The Morgan fingerprint density at radius 3 is 2.93 bits per heavy atom. The summed E-state index contributed by atoms with van der Waals surface area (Å²) in [5.41, 5.74) is 2.95. The van der Waals surface area contributed by atoms with E-state index in [4.69, 9.17) is 0 Å². The van der Waals surface area contributed by atoms with E-state index >= 15 is 0 Å². The third kappa shape index (κ3) is 0.979. The lowest BCUT2D eigenvalue weighted by molar-refractivity contribution is 0.170. The SMILES string of the molecule is c1ccc2c(c1)NC1C3CCC(CN3)C21. The van der Waals surface area contributed by atoms with Crippen LogP contribution in [0.3, 0.4) is 0 Å². The molecule has 5 rings (SSSR count). The van der Waals surface area contributed by atoms with Crippen molar-refractivity contribution in [2.75, 3.05) is 11.9 Å². The molecular weight excluding hydrogens is 184 g/mol. The predicted molar refractivity (Wildman–Crippen MR) is 61.1 cm³/mol. The Labute approximate surface area is 90.1 Å². The molecule has 1 saturated carbocycles. The first kappa shape index (κ1) is 8.17. The van der Waals surface area contributed by atoms with Gasteiger partial charge in [0.05, 0.1) is 0 Å². The lowest BCUT2D eigenvalue weighted by Gasteiger charge is -2.46. The molecule has 78 valence electrons. The second-order valence-corrected chi connectivity index (χ2v) is 5.14. The molecule has 4 aliphatic rings. The summed E-state index contributed by atoms with van der Waals surface area (Å²) in [6.07, 6.45) is 2.77. The van der Waals surface area contributed by atoms with Gasteiger partial charge < -0.3 is 10.6 Å². The van der Waals surface area contributed by atoms with Crippen LogP contribution in [0.4, 0.5) is 5.69 Å². The number of rotatable bonds is 0. The van der Waals surface area contributed by atoms with Gasteiger partial charge in [0, 0.05) is 23.7 Å². The van der Waals surface area contributed by atoms with Crippen LogP contribution in [0.5, 0.6) is 0 Å². The third-order valence-corrected chi connectivity index (χ3v) is 4.46. The summed E-state index contributed by atoms with van der Waals surface area (Å²) >= 11 is 0. The standard InChI is InChI=1S/C13H16N2/c1-2-4-10-9(3-1)12-8-5-6-11(14-7-8)13(12)15-10/h1-4,8,11-15H,5-7H2. The van der Waals surface area contributed by atoms with Crippen LogP contribution >= 0.6 is 0 Å². The maximum Gasteiger partial charge on any atom is 0.0487 e. The van der Waals surface area contributed by atoms with Crippen molar-refractivity contribution in [1.82, 2.24) is 5.32 Å². The highest BCUT2D eigenvalue weighted by Gasteiger charge is 2.47. The number of hydrogen-bond acceptors (Lipinski definition) is 2. The zero-order chi connectivity index (χ0) is 9.83. The molecule has 2 N–H and O–H groups in total. The Balaban J connectivity index is 1.83. The summed E-state index contributed by atoms with van der Waals surface area (Å²) < 4.78 is 0. The minimum atomic E-state index is 0.662. The monoisotopic (exact) mass is 200 g/mol. The molecule has 0 amide bonds. The first-order valence-corrected chi connectivity index (χ1v) is 6.02. The molecule has 0 radical (unpaired) electrons. The maximum atomic E-state index is 3.71. The lowest BCUT2D eigenvalue weighted by atomic mass is 9.69. The van der Waals surface area contributed by atoms with E-state index in [-0.39, 0.29) is 0 Å². The molecule has 2 heteroatoms. The second-order valence-electron chi connectivity index (χ2n) is 5.14. The summed E-state index contributed by atoms with van der Waals surface area (Å²) in [7, 11) is 0. The number of nitrogens with one attached hydrogen (secondary N) is 2. The molecular formula is C13H16N2. The van der Waals surface area contributed by atoms with E-state index in [0.29, 0.717) is 12.1 Å². The molecule has 1 aromatic carbocycles. The zero-order valence-electron chi connectivity index (χ0n) is 8.74. The molecule has 0 aromatic heterocycles. The van der Waals surface area contributed by atoms with Crippen molar-refractivity contribution in [2.24, 2.45) is 5.92 Å². The van der Waals surface area contributed by atoms with Gasteiger partial charge in [0.25, 0.3) is 0 Å². The van der Waals surface area contributed by atoms with Crippen molar-refractivity contribution < 1.29 is 0 Å². The topological polar surface area (TPSA) is 24.1 Å². The predicted octanol–water partition coefficient (Wildman–Crippen LogP) is 1.95. The van der Waals surface area contributed by atoms with Crippen molar-refractivity contribution in [2.45, 2.75) is 30.8 Å². The fourth-order valence-electron chi connectivity index (χ4n) is 3.79. The van der Waals surface area contributed by atoms with Crippen molar-refractivity contribution >= 4 is 5.69 Å². The van der Waals surface area contributed by atoms with Gasteiger partial charge in [-0.1, -0.05) is 18.2 Å². The Hall–Kier alpha value is -1.02. The molecule has 1 aromatic rings. The zero-order valence-corrected chi connectivity index (χ0v) is 8.74. The first-order valence-electron chi connectivity index (χ1n) is 6.02. The number of piperidine rings is 2. The van der Waals surface area contributed by atoms with Gasteiger partial charge in [0.1, 0.15) is 0 Å². The van der Waals surface area contributed by atoms with Crippen molar-refractivity contribution in [3.63, 3.8) is 0 Å². The van der Waals surface area contributed by atoms with Crippen LogP contribution in [0, 0.1) is 5.92 Å². The Morgan fingerprint density at radius 1 is 1.13 bits per heavy atom. The highest BCUT2D eigenvalue weighted by molar-refractivity contribution is 5.60. The van der Waals surface area contributed by atoms with E-state index in [1.54, 1.807) is 5.56 Å². The van der Waals surface area contributed by atoms with E-state index < -0.39 is 0 Å². The molecule has 3 aliphatic heterocycles. The van der Waals surface area contributed by atoms with E-state index in [2.05, 4.69) is 34.9 Å². The number of para-hydroxylation sites is 1. The normalized spacial score (nSPS) is 40.8. The van der Waals surface area contributed by atoms with E-state index in [1.807, 2.05) is 0 Å². The Bertz CT molecular complexity index is 393. The molecule has 2 saturated heterocycles. The summed E-state index contributed by atoms with van der Waals surface area (Å²) in [5.74, 6) is 1.64. The largest absolute Gasteiger partial charge is 0.380 e. The summed E-state index contributed by atoms with van der Waals surface area (Å²) in [6.45, 7) is 1.22. The van der Waals surface area contributed by atoms with Crippen molar-refractivity contribution in [3.05, 3.63) is 29.8 Å². The highest BCUT2D eigenvalue weighted by Crippen LogP contribution is 2.48. The molecule has 1 aliphatic carbocycles. The van der Waals surface area contributed by atoms with Gasteiger partial charge in [-0.3, -0.25) is 0 Å². The van der Waals surface area contributed by atoms with Crippen LogP contribution in [-0.2, 0) is 0 Å². The van der Waals surface area contributed by atoms with Crippen LogP contribution in [0.25, 0.3) is 0 Å². The first-order chi connectivity index (χ1) is 7.43. The van der Waals surface area contributed by atoms with Gasteiger partial charge in [-0.25, -0.2) is 0 Å². The Morgan fingerprint density at radius 2 is 2.07 bits per heavy atom. The smallest absolute Gasteiger partial charge is 0.0487 e. The average molecular weight is 200 g/mol. The van der Waals surface area contributed by atoms with Gasteiger partial charge in [-0.05, 0) is 36.9 Å². The molecule has 4 unspecified atom stereocenters. The second kappa shape index (κ2) is 2.76. The van der Waals surface area contributed by atoms with Gasteiger partial charge in [-0.15, -0.1) is 0 Å². The van der Waals surface area contributed by atoms with Crippen LogP contribution in [-0.4, -0.2) is 18.6 Å². The summed E-state index contributed by atoms with van der Waals surface area (Å²) in [5, 5.41) is 7.37. The van der Waals surface area contributed by atoms with Crippen molar-refractivity contribution in [3.8, 4) is 0 Å². The Kier molecular flexibility index (Phi) is 1.50. The number of hydrogen-bond donors (Lipinski definition) is 2. The van der Waals surface area contributed by atoms with Crippen LogP contribution in [0.1, 0.15) is 24.3 Å². The number of anilines is 1. The van der Waals surface area contributed by atoms with Crippen LogP contribution < -0.4 is 10.6 Å². The molecule has 3 heterocycles. The van der Waals surface area contributed by atoms with Crippen molar-refractivity contribution in [1.29, 1.82) is 0 Å². The number of benzene rings is 1. The van der Waals surface area contributed by atoms with Crippen LogP contribution in [0.15, 0.2) is 24.3 Å². The molecule has 2 bridgehead atoms. The number of fused-ring (bicyclic) bond motifs is 3. The molecule has 15 heavy (non-hydrogen) atoms. The van der Waals surface area contributed by atoms with E-state index in [1.165, 1.54) is 25.1 Å². The quantitative estimate of drug-likeness (QED) is 0.669. The summed E-state index contributed by atoms with van der Waals surface area (Å²) in [6, 6.07) is 10.2. The maximum absolute atomic E-state index is 3.71. The lowest BCUT2D eigenvalue weighted by Crippen LogP contribution is -2.57. The molecule has 0 spiro atoms. The van der Waals surface area contributed by atoms with E-state index in [0.717, 1.165) is 11.8 Å². The highest BCUT2D eigenvalue weighted by atomic mass is 15.1. The summed E-state index contributed by atoms with van der Waals surface area (Å²) in [4.78, 5) is 0. The minimum Gasteiger partial charge on any atom is -0.380 e. The fourth-order valence-corrected chi connectivity index (χ4v) is 3.79. The van der Waals surface area contributed by atoms with E-state index in [9.17, 15) is 0 Å². The van der Waals surface area contributed by atoms with Gasteiger partial charge >= 0.3 is 0 Å². The van der Waals surface area contributed by atoms with Gasteiger partial charge in [0.15, 0.2) is 0 Å².